The van der Waals surface area contributed by atoms with Crippen molar-refractivity contribution in [2.45, 2.75) is 20.3 Å². The molecule has 146 valence electrons. The molecule has 2 heterocycles. The van der Waals surface area contributed by atoms with Crippen LogP contribution in [0.15, 0.2) is 78.9 Å². The first-order valence-electron chi connectivity index (χ1n) is 10.5. The largest absolute Gasteiger partial charge is 0.313 e. The van der Waals surface area contributed by atoms with Crippen molar-refractivity contribution in [3.8, 4) is 0 Å². The highest BCUT2D eigenvalue weighted by atomic mass is 16.1. The summed E-state index contributed by atoms with van der Waals surface area (Å²) in [5.41, 5.74) is 5.62. The first kappa shape index (κ1) is 17.3. The van der Waals surface area contributed by atoms with Crippen LogP contribution >= 0.6 is 0 Å². The summed E-state index contributed by atoms with van der Waals surface area (Å²) in [7, 11) is 0. The highest BCUT2D eigenvalue weighted by Gasteiger charge is 2.23. The number of rotatable bonds is 1. The number of fused-ring (bicyclic) bond motifs is 7. The lowest BCUT2D eigenvalue weighted by atomic mass is 9.98. The molecule has 1 unspecified atom stereocenters. The highest BCUT2D eigenvalue weighted by molar-refractivity contribution is 6.27. The minimum Gasteiger partial charge on any atom is -0.313 e. The van der Waals surface area contributed by atoms with E-state index in [9.17, 15) is 4.79 Å². The molecule has 0 bridgehead atoms. The van der Waals surface area contributed by atoms with E-state index < -0.39 is 0 Å². The van der Waals surface area contributed by atoms with Gasteiger partial charge in [0.15, 0.2) is 0 Å². The third-order valence-corrected chi connectivity index (χ3v) is 6.44. The Morgan fingerprint density at radius 2 is 1.60 bits per heavy atom. The molecule has 1 atom stereocenters. The Morgan fingerprint density at radius 3 is 2.37 bits per heavy atom. The van der Waals surface area contributed by atoms with Gasteiger partial charge < -0.3 is 4.57 Å². The van der Waals surface area contributed by atoms with E-state index in [4.69, 9.17) is 0 Å². The normalized spacial score (nSPS) is 16.7. The molecule has 0 saturated heterocycles. The molecule has 2 aromatic heterocycles. The molecule has 0 radical (unpaired) electrons. The van der Waals surface area contributed by atoms with Gasteiger partial charge in [0, 0.05) is 40.1 Å². The summed E-state index contributed by atoms with van der Waals surface area (Å²) in [4.78, 5) is 12.8. The Morgan fingerprint density at radius 1 is 0.867 bits per heavy atom. The maximum Gasteiger partial charge on any atom is 0.228 e. The Bertz CT molecular complexity index is 1560. The van der Waals surface area contributed by atoms with Crippen LogP contribution in [0.3, 0.4) is 0 Å². The topological polar surface area (TPSA) is 26.9 Å². The standard InChI is InChI=1S/C27H22N2O/c1-17-9-3-6-12-22(17)29-24-14-8-5-11-21(24)26-25(29)16-15-20-19-10-4-7-13-23(19)28(18(2)30)27(20)26/h3-8,10-17H,9H2,1-2H3. The molecule has 0 N–H and O–H groups in total. The van der Waals surface area contributed by atoms with E-state index in [1.165, 1.54) is 16.6 Å². The van der Waals surface area contributed by atoms with Crippen molar-refractivity contribution in [3.63, 3.8) is 0 Å². The average Bonchev–Trinajstić information content (AvgIpc) is 3.27. The number of nitrogens with zero attached hydrogens (tertiary/aromatic N) is 2. The molecule has 1 aliphatic rings. The second-order valence-electron chi connectivity index (χ2n) is 8.24. The van der Waals surface area contributed by atoms with Crippen LogP contribution in [0.5, 0.6) is 0 Å². The number of benzene rings is 3. The highest BCUT2D eigenvalue weighted by Crippen LogP contribution is 2.41. The van der Waals surface area contributed by atoms with E-state index >= 15 is 0 Å². The summed E-state index contributed by atoms with van der Waals surface area (Å²) in [6, 6.07) is 21.1. The van der Waals surface area contributed by atoms with Gasteiger partial charge in [0.1, 0.15) is 0 Å². The molecule has 1 aliphatic carbocycles. The SMILES string of the molecule is CC(=O)n1c2ccccc2c2ccc3c(c4ccccc4n3C3=CC=CCC3C)c21. The van der Waals surface area contributed by atoms with E-state index in [1.54, 1.807) is 6.92 Å². The van der Waals surface area contributed by atoms with Crippen molar-refractivity contribution in [1.29, 1.82) is 0 Å². The van der Waals surface area contributed by atoms with Crippen LogP contribution in [0, 0.1) is 5.92 Å². The van der Waals surface area contributed by atoms with E-state index in [2.05, 4.69) is 72.2 Å². The molecule has 5 aromatic rings. The molecule has 0 spiro atoms. The summed E-state index contributed by atoms with van der Waals surface area (Å²) in [6.45, 7) is 3.93. The number of carbonyl (C=O) groups is 1. The first-order valence-corrected chi connectivity index (χ1v) is 10.5. The summed E-state index contributed by atoms with van der Waals surface area (Å²) in [5.74, 6) is 0.474. The molecule has 3 nitrogen and oxygen atoms in total. The van der Waals surface area contributed by atoms with E-state index in [0.717, 1.165) is 39.1 Å². The molecule has 0 fully saturated rings. The van der Waals surface area contributed by atoms with Crippen LogP contribution in [0.2, 0.25) is 0 Å². The van der Waals surface area contributed by atoms with E-state index in [-0.39, 0.29) is 5.91 Å². The second-order valence-corrected chi connectivity index (χ2v) is 8.24. The third kappa shape index (κ3) is 2.18. The molecular formula is C27H22N2O. The fraction of sp³-hybridized carbons (Fsp3) is 0.148. The van der Waals surface area contributed by atoms with Gasteiger partial charge in [0.25, 0.3) is 0 Å². The number of hydrogen-bond donors (Lipinski definition) is 0. The summed E-state index contributed by atoms with van der Waals surface area (Å²) < 4.78 is 4.28. The second kappa shape index (κ2) is 6.20. The minimum atomic E-state index is 0.0405. The Labute approximate surface area is 174 Å². The molecule has 3 aromatic carbocycles. The van der Waals surface area contributed by atoms with Gasteiger partial charge >= 0.3 is 0 Å². The first-order chi connectivity index (χ1) is 14.7. The lowest BCUT2D eigenvalue weighted by molar-refractivity contribution is 0.0946. The molecule has 30 heavy (non-hydrogen) atoms. The van der Waals surface area contributed by atoms with Crippen molar-refractivity contribution in [2.75, 3.05) is 0 Å². The zero-order valence-corrected chi connectivity index (χ0v) is 17.1. The van der Waals surface area contributed by atoms with E-state index in [0.29, 0.717) is 5.92 Å². The quantitative estimate of drug-likeness (QED) is 0.303. The average molecular weight is 390 g/mol. The van der Waals surface area contributed by atoms with Gasteiger partial charge in [-0.05, 0) is 30.7 Å². The van der Waals surface area contributed by atoms with Gasteiger partial charge in [-0.3, -0.25) is 9.36 Å². The van der Waals surface area contributed by atoms with Gasteiger partial charge in [-0.1, -0.05) is 61.5 Å². The molecule has 0 aliphatic heterocycles. The summed E-state index contributed by atoms with van der Waals surface area (Å²) in [6.07, 6.45) is 7.65. The summed E-state index contributed by atoms with van der Waals surface area (Å²) >= 11 is 0. The van der Waals surface area contributed by atoms with Crippen LogP contribution in [0.25, 0.3) is 49.3 Å². The molecule has 3 heteroatoms. The predicted octanol–water partition coefficient (Wildman–Crippen LogP) is 7.00. The maximum atomic E-state index is 12.8. The van der Waals surface area contributed by atoms with Gasteiger partial charge in [-0.25, -0.2) is 0 Å². The fourth-order valence-corrected chi connectivity index (χ4v) is 5.14. The number of aromatic nitrogens is 2. The zero-order valence-electron chi connectivity index (χ0n) is 17.1. The third-order valence-electron chi connectivity index (χ3n) is 6.44. The smallest absolute Gasteiger partial charge is 0.228 e. The molecular weight excluding hydrogens is 368 g/mol. The van der Waals surface area contributed by atoms with Crippen molar-refractivity contribution >= 4 is 55.2 Å². The Balaban J connectivity index is 1.90. The minimum absolute atomic E-state index is 0.0405. The number of para-hydroxylation sites is 2. The van der Waals surface area contributed by atoms with Gasteiger partial charge in [0.05, 0.1) is 22.1 Å². The lowest BCUT2D eigenvalue weighted by Crippen LogP contribution is -2.08. The van der Waals surface area contributed by atoms with Crippen LogP contribution in [0.1, 0.15) is 25.1 Å². The van der Waals surface area contributed by atoms with Crippen molar-refractivity contribution in [2.24, 2.45) is 5.92 Å². The summed E-state index contributed by atoms with van der Waals surface area (Å²) in [5, 5.41) is 4.58. The van der Waals surface area contributed by atoms with Crippen molar-refractivity contribution < 1.29 is 4.79 Å². The number of carbonyl (C=O) groups excluding carboxylic acids is 1. The maximum absolute atomic E-state index is 12.8. The predicted molar refractivity (Wildman–Crippen MR) is 126 cm³/mol. The Hall–Kier alpha value is -3.59. The number of hydrogen-bond acceptors (Lipinski definition) is 1. The van der Waals surface area contributed by atoms with Gasteiger partial charge in [0.2, 0.25) is 5.91 Å². The van der Waals surface area contributed by atoms with Crippen LogP contribution < -0.4 is 0 Å². The van der Waals surface area contributed by atoms with Crippen molar-refractivity contribution in [1.82, 2.24) is 9.13 Å². The fourth-order valence-electron chi connectivity index (χ4n) is 5.14. The van der Waals surface area contributed by atoms with Crippen molar-refractivity contribution in [3.05, 3.63) is 78.9 Å². The molecule has 0 amide bonds. The number of allylic oxidation sites excluding steroid dienone is 4. The van der Waals surface area contributed by atoms with Gasteiger partial charge in [-0.2, -0.15) is 0 Å². The monoisotopic (exact) mass is 390 g/mol. The zero-order chi connectivity index (χ0) is 20.4. The van der Waals surface area contributed by atoms with Gasteiger partial charge in [-0.15, -0.1) is 0 Å². The molecule has 6 rings (SSSR count). The van der Waals surface area contributed by atoms with E-state index in [1.807, 2.05) is 22.8 Å². The van der Waals surface area contributed by atoms with Crippen LogP contribution in [0.4, 0.5) is 0 Å². The van der Waals surface area contributed by atoms with Crippen LogP contribution in [-0.2, 0) is 0 Å². The Kier molecular flexibility index (Phi) is 3.57. The lowest BCUT2D eigenvalue weighted by Gasteiger charge is -2.20. The van der Waals surface area contributed by atoms with Crippen LogP contribution in [-0.4, -0.2) is 15.0 Å². The molecule has 0 saturated carbocycles.